The van der Waals surface area contributed by atoms with Crippen molar-refractivity contribution in [1.29, 1.82) is 5.41 Å². The molecule has 0 amide bonds. The molecular formula is C25H22N4O2. The number of nitrogens with two attached hydrogens (primary N) is 2. The molecule has 4 aromatic rings. The number of pyridine rings is 1. The summed E-state index contributed by atoms with van der Waals surface area (Å²) in [6, 6.07) is 26.3. The van der Waals surface area contributed by atoms with E-state index in [4.69, 9.17) is 31.3 Å². The molecule has 4 rings (SSSR count). The molecule has 31 heavy (non-hydrogen) atoms. The largest absolute Gasteiger partial charge is 0.497 e. The number of hydrogen-bond acceptors (Lipinski definition) is 5. The van der Waals surface area contributed by atoms with Gasteiger partial charge in [0.1, 0.15) is 23.1 Å². The molecule has 0 aliphatic rings. The van der Waals surface area contributed by atoms with E-state index in [1.807, 2.05) is 78.9 Å². The molecule has 154 valence electrons. The van der Waals surface area contributed by atoms with Crippen molar-refractivity contribution < 1.29 is 9.47 Å². The van der Waals surface area contributed by atoms with E-state index in [9.17, 15) is 0 Å². The molecule has 0 saturated heterocycles. The topological polar surface area (TPSA) is 107 Å². The van der Waals surface area contributed by atoms with Crippen LogP contribution >= 0.6 is 0 Å². The molecule has 0 saturated carbocycles. The zero-order valence-corrected chi connectivity index (χ0v) is 17.0. The molecule has 0 bridgehead atoms. The number of nitrogens with one attached hydrogen (secondary N) is 1. The Bertz CT molecular complexity index is 1200. The standard InChI is InChI=1S/C25H22N4O2/c1-30-18-11-7-16(8-12-18)22-15-21(26)23(25(27)28)24(29-22)17-9-13-20(14-10-17)31-19-5-3-2-4-6-19/h2-15H,1H3,(H2,26,29)(H3,27,28). The van der Waals surface area contributed by atoms with Crippen molar-refractivity contribution in [3.63, 3.8) is 0 Å². The Morgan fingerprint density at radius 3 is 2.00 bits per heavy atom. The third-order valence-electron chi connectivity index (χ3n) is 4.81. The van der Waals surface area contributed by atoms with Gasteiger partial charge in [-0.25, -0.2) is 4.98 Å². The van der Waals surface area contributed by atoms with Gasteiger partial charge in [0.2, 0.25) is 0 Å². The Balaban J connectivity index is 1.73. The van der Waals surface area contributed by atoms with Crippen LogP contribution in [0.25, 0.3) is 22.5 Å². The third kappa shape index (κ3) is 4.33. The van der Waals surface area contributed by atoms with Crippen molar-refractivity contribution in [2.75, 3.05) is 12.8 Å². The highest BCUT2D eigenvalue weighted by atomic mass is 16.5. The number of para-hydroxylation sites is 1. The second kappa shape index (κ2) is 8.59. The lowest BCUT2D eigenvalue weighted by Crippen LogP contribution is -2.16. The van der Waals surface area contributed by atoms with Crippen molar-refractivity contribution >= 4 is 11.5 Å². The fourth-order valence-electron chi connectivity index (χ4n) is 3.27. The first-order chi connectivity index (χ1) is 15.0. The van der Waals surface area contributed by atoms with Gasteiger partial charge in [0, 0.05) is 16.8 Å². The number of aromatic nitrogens is 1. The van der Waals surface area contributed by atoms with Crippen LogP contribution in [0.1, 0.15) is 5.56 Å². The Hall–Kier alpha value is -4.32. The van der Waals surface area contributed by atoms with Crippen molar-refractivity contribution in [2.45, 2.75) is 0 Å². The lowest BCUT2D eigenvalue weighted by molar-refractivity contribution is 0.415. The van der Waals surface area contributed by atoms with Crippen molar-refractivity contribution in [2.24, 2.45) is 5.73 Å². The lowest BCUT2D eigenvalue weighted by atomic mass is 10.0. The van der Waals surface area contributed by atoms with Crippen LogP contribution < -0.4 is 20.9 Å². The van der Waals surface area contributed by atoms with Crippen LogP contribution in [0.4, 0.5) is 5.69 Å². The maximum Gasteiger partial charge on any atom is 0.127 e. The molecule has 0 atom stereocenters. The highest BCUT2D eigenvalue weighted by Crippen LogP contribution is 2.32. The molecule has 0 radical (unpaired) electrons. The van der Waals surface area contributed by atoms with Gasteiger partial charge in [0.05, 0.1) is 24.1 Å². The summed E-state index contributed by atoms with van der Waals surface area (Å²) in [5, 5.41) is 8.00. The number of benzene rings is 3. The SMILES string of the molecule is COc1ccc(-c2cc(N)c(C(=N)N)c(-c3ccc(Oc4ccccc4)cc3)n2)cc1. The Morgan fingerprint density at radius 1 is 0.806 bits per heavy atom. The van der Waals surface area contributed by atoms with Crippen molar-refractivity contribution in [1.82, 2.24) is 4.98 Å². The first-order valence-corrected chi connectivity index (χ1v) is 9.68. The van der Waals surface area contributed by atoms with Crippen LogP contribution in [-0.2, 0) is 0 Å². The predicted molar refractivity (Wildman–Crippen MR) is 124 cm³/mol. The van der Waals surface area contributed by atoms with Crippen LogP contribution in [0, 0.1) is 5.41 Å². The quantitative estimate of drug-likeness (QED) is 0.303. The van der Waals surface area contributed by atoms with Crippen LogP contribution in [0.3, 0.4) is 0 Å². The average Bonchev–Trinajstić information content (AvgIpc) is 2.79. The van der Waals surface area contributed by atoms with E-state index in [2.05, 4.69) is 0 Å². The maximum atomic E-state index is 8.00. The molecule has 6 heteroatoms. The summed E-state index contributed by atoms with van der Waals surface area (Å²) >= 11 is 0. The molecule has 1 aromatic heterocycles. The van der Waals surface area contributed by atoms with Gasteiger partial charge in [0.15, 0.2) is 0 Å². The molecular weight excluding hydrogens is 388 g/mol. The van der Waals surface area contributed by atoms with E-state index < -0.39 is 0 Å². The summed E-state index contributed by atoms with van der Waals surface area (Å²) < 4.78 is 11.1. The number of hydrogen-bond donors (Lipinski definition) is 3. The van der Waals surface area contributed by atoms with Gasteiger partial charge in [-0.05, 0) is 66.7 Å². The molecule has 3 aromatic carbocycles. The highest BCUT2D eigenvalue weighted by molar-refractivity contribution is 6.05. The molecule has 0 spiro atoms. The van der Waals surface area contributed by atoms with E-state index >= 15 is 0 Å². The van der Waals surface area contributed by atoms with Gasteiger partial charge in [-0.1, -0.05) is 18.2 Å². The number of amidine groups is 1. The molecule has 6 nitrogen and oxygen atoms in total. The van der Waals surface area contributed by atoms with Crippen LogP contribution in [-0.4, -0.2) is 17.9 Å². The summed E-state index contributed by atoms with van der Waals surface area (Å²) in [6.45, 7) is 0. The number of anilines is 1. The van der Waals surface area contributed by atoms with Gasteiger partial charge in [-0.3, -0.25) is 5.41 Å². The number of methoxy groups -OCH3 is 1. The fourth-order valence-corrected chi connectivity index (χ4v) is 3.27. The number of nitrogens with zero attached hydrogens (tertiary/aromatic N) is 1. The van der Waals surface area contributed by atoms with Crippen molar-refractivity contribution in [3.8, 4) is 39.8 Å². The number of rotatable bonds is 6. The van der Waals surface area contributed by atoms with E-state index in [0.29, 0.717) is 28.4 Å². The molecule has 0 aliphatic heterocycles. The molecule has 0 aliphatic carbocycles. The monoisotopic (exact) mass is 410 g/mol. The summed E-state index contributed by atoms with van der Waals surface area (Å²) in [5.41, 5.74) is 15.8. The first kappa shape index (κ1) is 20.0. The summed E-state index contributed by atoms with van der Waals surface area (Å²) in [6.07, 6.45) is 0. The first-order valence-electron chi connectivity index (χ1n) is 9.68. The smallest absolute Gasteiger partial charge is 0.127 e. The van der Waals surface area contributed by atoms with Crippen LogP contribution in [0.5, 0.6) is 17.2 Å². The van der Waals surface area contributed by atoms with Crippen LogP contribution in [0.15, 0.2) is 84.9 Å². The maximum absolute atomic E-state index is 8.00. The van der Waals surface area contributed by atoms with E-state index in [0.717, 1.165) is 22.6 Å². The number of ether oxygens (including phenoxy) is 2. The summed E-state index contributed by atoms with van der Waals surface area (Å²) in [5.74, 6) is 2.07. The van der Waals surface area contributed by atoms with Gasteiger partial charge in [-0.15, -0.1) is 0 Å². The van der Waals surface area contributed by atoms with Gasteiger partial charge >= 0.3 is 0 Å². The normalized spacial score (nSPS) is 10.5. The second-order valence-electron chi connectivity index (χ2n) is 6.90. The average molecular weight is 410 g/mol. The summed E-state index contributed by atoms with van der Waals surface area (Å²) in [4.78, 5) is 4.78. The van der Waals surface area contributed by atoms with Gasteiger partial charge in [0.25, 0.3) is 0 Å². The van der Waals surface area contributed by atoms with Gasteiger partial charge in [-0.2, -0.15) is 0 Å². The predicted octanol–water partition coefficient (Wildman–Crippen LogP) is 5.08. The molecule has 1 heterocycles. The fraction of sp³-hybridized carbons (Fsp3) is 0.0400. The molecule has 0 fully saturated rings. The van der Waals surface area contributed by atoms with E-state index in [1.165, 1.54) is 0 Å². The Morgan fingerprint density at radius 2 is 1.39 bits per heavy atom. The Kier molecular flexibility index (Phi) is 5.53. The van der Waals surface area contributed by atoms with E-state index in [-0.39, 0.29) is 5.84 Å². The summed E-state index contributed by atoms with van der Waals surface area (Å²) in [7, 11) is 1.62. The molecule has 5 N–H and O–H groups in total. The minimum absolute atomic E-state index is 0.133. The highest BCUT2D eigenvalue weighted by Gasteiger charge is 2.16. The zero-order valence-electron chi connectivity index (χ0n) is 17.0. The minimum atomic E-state index is -0.133. The van der Waals surface area contributed by atoms with Gasteiger partial charge < -0.3 is 20.9 Å². The van der Waals surface area contributed by atoms with E-state index in [1.54, 1.807) is 13.2 Å². The third-order valence-corrected chi connectivity index (χ3v) is 4.81. The minimum Gasteiger partial charge on any atom is -0.497 e. The Labute approximate surface area is 180 Å². The lowest BCUT2D eigenvalue weighted by Gasteiger charge is -2.14. The second-order valence-corrected chi connectivity index (χ2v) is 6.90. The van der Waals surface area contributed by atoms with Crippen molar-refractivity contribution in [3.05, 3.63) is 90.5 Å². The zero-order chi connectivity index (χ0) is 21.8. The molecule has 0 unspecified atom stereocenters. The number of nitrogen functional groups attached to an aromatic ring is 2. The van der Waals surface area contributed by atoms with Crippen LogP contribution in [0.2, 0.25) is 0 Å².